The number of benzene rings is 2. The topological polar surface area (TPSA) is 117 Å². The predicted octanol–water partition coefficient (Wildman–Crippen LogP) is 1.19. The Morgan fingerprint density at radius 2 is 1.74 bits per heavy atom. The average Bonchev–Trinajstić information content (AvgIpc) is 2.79. The van der Waals surface area contributed by atoms with Crippen molar-refractivity contribution in [2.24, 2.45) is 0 Å². The van der Waals surface area contributed by atoms with Crippen LogP contribution in [-0.4, -0.2) is 43.8 Å². The standard InChI is InChI=1S/C22H24N4O5/c1-31-16-8-6-15(7-9-16)12-23-20(28)13-24-19(27)10-11-22(30)26-14-21(29)25-17-4-2-3-5-18(17)26/h2-9H,10-14H2,1H3,(H,23,28)(H,24,27)(H,25,29). The Bertz CT molecular complexity index is 974. The molecule has 0 radical (unpaired) electrons. The van der Waals surface area contributed by atoms with Crippen molar-refractivity contribution < 1.29 is 23.9 Å². The normalized spacial score (nSPS) is 12.4. The second-order valence-corrected chi connectivity index (χ2v) is 6.95. The molecule has 0 bridgehead atoms. The van der Waals surface area contributed by atoms with E-state index in [4.69, 9.17) is 4.74 Å². The fraction of sp³-hybridized carbons (Fsp3) is 0.273. The van der Waals surface area contributed by atoms with E-state index in [-0.39, 0.29) is 43.7 Å². The van der Waals surface area contributed by atoms with E-state index in [2.05, 4.69) is 16.0 Å². The van der Waals surface area contributed by atoms with Gasteiger partial charge >= 0.3 is 0 Å². The lowest BCUT2D eigenvalue weighted by Crippen LogP contribution is -2.42. The molecule has 0 unspecified atom stereocenters. The Kier molecular flexibility index (Phi) is 7.21. The number of ether oxygens (including phenoxy) is 1. The van der Waals surface area contributed by atoms with Crippen molar-refractivity contribution in [3.8, 4) is 5.75 Å². The molecule has 9 nitrogen and oxygen atoms in total. The number of hydrogen-bond acceptors (Lipinski definition) is 5. The third-order valence-corrected chi connectivity index (χ3v) is 4.73. The summed E-state index contributed by atoms with van der Waals surface area (Å²) in [6.45, 7) is 0.0526. The van der Waals surface area contributed by atoms with E-state index in [1.54, 1.807) is 43.5 Å². The number of carbonyl (C=O) groups is 4. The van der Waals surface area contributed by atoms with Gasteiger partial charge in [-0.05, 0) is 29.8 Å². The lowest BCUT2D eigenvalue weighted by molar-refractivity contribution is -0.127. The molecule has 31 heavy (non-hydrogen) atoms. The van der Waals surface area contributed by atoms with Crippen molar-refractivity contribution in [3.63, 3.8) is 0 Å². The zero-order valence-corrected chi connectivity index (χ0v) is 17.1. The summed E-state index contributed by atoms with van der Waals surface area (Å²) >= 11 is 0. The monoisotopic (exact) mass is 424 g/mol. The lowest BCUT2D eigenvalue weighted by atomic mass is 10.1. The van der Waals surface area contributed by atoms with Gasteiger partial charge in [0, 0.05) is 19.4 Å². The largest absolute Gasteiger partial charge is 0.497 e. The molecule has 3 rings (SSSR count). The third-order valence-electron chi connectivity index (χ3n) is 4.73. The van der Waals surface area contributed by atoms with Crippen LogP contribution in [0.5, 0.6) is 5.75 Å². The van der Waals surface area contributed by atoms with Crippen molar-refractivity contribution in [2.75, 3.05) is 30.4 Å². The summed E-state index contributed by atoms with van der Waals surface area (Å²) in [5.74, 6) is -0.642. The minimum absolute atomic E-state index is 0.0685. The summed E-state index contributed by atoms with van der Waals surface area (Å²) in [4.78, 5) is 49.7. The van der Waals surface area contributed by atoms with Crippen molar-refractivity contribution >= 4 is 35.0 Å². The molecule has 4 amide bonds. The zero-order chi connectivity index (χ0) is 22.2. The molecule has 9 heteroatoms. The number of nitrogens with zero attached hydrogens (tertiary/aromatic N) is 1. The van der Waals surface area contributed by atoms with Crippen molar-refractivity contribution in [1.82, 2.24) is 10.6 Å². The van der Waals surface area contributed by atoms with Gasteiger partial charge in [-0.2, -0.15) is 0 Å². The maximum Gasteiger partial charge on any atom is 0.244 e. The molecular formula is C22H24N4O5. The summed E-state index contributed by atoms with van der Waals surface area (Å²) in [5, 5.41) is 7.92. The Balaban J connectivity index is 1.40. The van der Waals surface area contributed by atoms with Crippen LogP contribution in [0.25, 0.3) is 0 Å². The van der Waals surface area contributed by atoms with E-state index in [0.717, 1.165) is 11.3 Å². The summed E-state index contributed by atoms with van der Waals surface area (Å²) in [7, 11) is 1.58. The van der Waals surface area contributed by atoms with Gasteiger partial charge in [0.05, 0.1) is 25.0 Å². The average molecular weight is 424 g/mol. The van der Waals surface area contributed by atoms with Gasteiger partial charge in [0.2, 0.25) is 23.6 Å². The van der Waals surface area contributed by atoms with Crippen LogP contribution in [0.15, 0.2) is 48.5 Å². The first-order valence-electron chi connectivity index (χ1n) is 9.82. The number of carbonyl (C=O) groups excluding carboxylic acids is 4. The Hall–Kier alpha value is -3.88. The molecule has 0 saturated heterocycles. The van der Waals surface area contributed by atoms with Gasteiger partial charge in [0.1, 0.15) is 12.3 Å². The minimum Gasteiger partial charge on any atom is -0.497 e. The van der Waals surface area contributed by atoms with E-state index < -0.39 is 5.91 Å². The summed E-state index contributed by atoms with van der Waals surface area (Å²) in [6, 6.07) is 14.2. The van der Waals surface area contributed by atoms with Crippen molar-refractivity contribution in [1.29, 1.82) is 0 Å². The second-order valence-electron chi connectivity index (χ2n) is 6.95. The molecule has 1 aliphatic rings. The predicted molar refractivity (Wildman–Crippen MR) is 115 cm³/mol. The van der Waals surface area contributed by atoms with Crippen LogP contribution in [0.3, 0.4) is 0 Å². The van der Waals surface area contributed by atoms with Crippen LogP contribution in [0.4, 0.5) is 11.4 Å². The van der Waals surface area contributed by atoms with Crippen LogP contribution < -0.4 is 25.6 Å². The first-order chi connectivity index (χ1) is 15.0. The first kappa shape index (κ1) is 21.8. The highest BCUT2D eigenvalue weighted by atomic mass is 16.5. The first-order valence-corrected chi connectivity index (χ1v) is 9.82. The molecule has 2 aromatic rings. The Morgan fingerprint density at radius 1 is 1.00 bits per heavy atom. The molecule has 0 fully saturated rings. The quantitative estimate of drug-likeness (QED) is 0.589. The van der Waals surface area contributed by atoms with Gasteiger partial charge in [0.15, 0.2) is 0 Å². The maximum atomic E-state index is 12.5. The van der Waals surface area contributed by atoms with Gasteiger partial charge in [0.25, 0.3) is 0 Å². The molecule has 0 saturated carbocycles. The highest BCUT2D eigenvalue weighted by Crippen LogP contribution is 2.29. The second kappa shape index (κ2) is 10.2. The van der Waals surface area contributed by atoms with Gasteiger partial charge in [-0.3, -0.25) is 19.2 Å². The third kappa shape index (κ3) is 6.05. The van der Waals surface area contributed by atoms with Crippen LogP contribution in [0.1, 0.15) is 18.4 Å². The lowest BCUT2D eigenvalue weighted by Gasteiger charge is -2.29. The smallest absolute Gasteiger partial charge is 0.244 e. The Morgan fingerprint density at radius 3 is 2.48 bits per heavy atom. The van der Waals surface area contributed by atoms with Gasteiger partial charge in [-0.25, -0.2) is 0 Å². The van der Waals surface area contributed by atoms with E-state index >= 15 is 0 Å². The molecule has 3 N–H and O–H groups in total. The number of hydrogen-bond donors (Lipinski definition) is 3. The highest BCUT2D eigenvalue weighted by Gasteiger charge is 2.26. The molecule has 0 aliphatic carbocycles. The van der Waals surface area contributed by atoms with Crippen molar-refractivity contribution in [3.05, 3.63) is 54.1 Å². The summed E-state index contributed by atoms with van der Waals surface area (Å²) in [5.41, 5.74) is 2.06. The van der Waals surface area contributed by atoms with Gasteiger partial charge < -0.3 is 25.6 Å². The summed E-state index contributed by atoms with van der Waals surface area (Å²) in [6.07, 6.45) is -0.147. The van der Waals surface area contributed by atoms with Gasteiger partial charge in [-0.15, -0.1) is 0 Å². The molecule has 0 atom stereocenters. The number of rotatable bonds is 8. The Labute approximate surface area is 179 Å². The van der Waals surface area contributed by atoms with Crippen LogP contribution in [0.2, 0.25) is 0 Å². The molecular weight excluding hydrogens is 400 g/mol. The number of anilines is 2. The summed E-state index contributed by atoms with van der Waals surface area (Å²) < 4.78 is 5.08. The van der Waals surface area contributed by atoms with Crippen molar-refractivity contribution in [2.45, 2.75) is 19.4 Å². The number of nitrogens with one attached hydrogen (secondary N) is 3. The van der Waals surface area contributed by atoms with Crippen LogP contribution in [0, 0.1) is 0 Å². The van der Waals surface area contributed by atoms with E-state index in [1.165, 1.54) is 4.90 Å². The SMILES string of the molecule is COc1ccc(CNC(=O)CNC(=O)CCC(=O)N2CC(=O)Nc3ccccc32)cc1. The molecule has 0 spiro atoms. The number of fused-ring (bicyclic) bond motifs is 1. The fourth-order valence-electron chi connectivity index (χ4n) is 3.08. The van der Waals surface area contributed by atoms with E-state index in [0.29, 0.717) is 17.9 Å². The van der Waals surface area contributed by atoms with Crippen LogP contribution >= 0.6 is 0 Å². The number of amides is 4. The van der Waals surface area contributed by atoms with Crippen LogP contribution in [-0.2, 0) is 25.7 Å². The fourth-order valence-corrected chi connectivity index (χ4v) is 3.08. The van der Waals surface area contributed by atoms with Gasteiger partial charge in [-0.1, -0.05) is 24.3 Å². The molecule has 2 aromatic carbocycles. The maximum absolute atomic E-state index is 12.5. The molecule has 162 valence electrons. The zero-order valence-electron chi connectivity index (χ0n) is 17.1. The minimum atomic E-state index is -0.414. The highest BCUT2D eigenvalue weighted by molar-refractivity contribution is 6.10. The molecule has 1 heterocycles. The molecule has 0 aromatic heterocycles. The molecule has 1 aliphatic heterocycles. The number of methoxy groups -OCH3 is 1. The van der Waals surface area contributed by atoms with E-state index in [9.17, 15) is 19.2 Å². The number of para-hydroxylation sites is 2. The van der Waals surface area contributed by atoms with E-state index in [1.807, 2.05) is 12.1 Å².